The molecule has 0 aliphatic rings. The van der Waals surface area contributed by atoms with Crippen LogP contribution in [-0.2, 0) is 4.79 Å². The Morgan fingerprint density at radius 1 is 1.24 bits per heavy atom. The summed E-state index contributed by atoms with van der Waals surface area (Å²) in [5, 5.41) is 17.7. The minimum atomic E-state index is -1.35. The van der Waals surface area contributed by atoms with Gasteiger partial charge in [0.2, 0.25) is 0 Å². The van der Waals surface area contributed by atoms with Crippen LogP contribution in [0.25, 0.3) is 0 Å². The highest BCUT2D eigenvalue weighted by molar-refractivity contribution is 5.88. The van der Waals surface area contributed by atoms with Gasteiger partial charge in [-0.3, -0.25) is 0 Å². The van der Waals surface area contributed by atoms with Crippen molar-refractivity contribution in [3.63, 3.8) is 0 Å². The van der Waals surface area contributed by atoms with Gasteiger partial charge in [0.25, 0.3) is 0 Å². The molecule has 0 radical (unpaired) electrons. The molecule has 0 aromatic heterocycles. The molecule has 1 rings (SSSR count). The van der Waals surface area contributed by atoms with E-state index in [1.165, 1.54) is 32.0 Å². The van der Waals surface area contributed by atoms with Crippen LogP contribution in [0.4, 0.5) is 0 Å². The van der Waals surface area contributed by atoms with Crippen molar-refractivity contribution in [1.82, 2.24) is 0 Å². The number of carbonyl (C=O) groups is 2. The maximum Gasteiger partial charge on any atom is 0.347 e. The van der Waals surface area contributed by atoms with E-state index in [0.29, 0.717) is 11.3 Å². The minimum absolute atomic E-state index is 0.142. The zero-order chi connectivity index (χ0) is 13.2. The lowest BCUT2D eigenvalue weighted by Gasteiger charge is -2.22. The maximum absolute atomic E-state index is 10.9. The molecule has 1 aromatic rings. The van der Waals surface area contributed by atoms with Crippen molar-refractivity contribution >= 4 is 11.9 Å². The summed E-state index contributed by atoms with van der Waals surface area (Å²) in [4.78, 5) is 21.6. The third-order valence-electron chi connectivity index (χ3n) is 2.30. The molecule has 0 unspecified atom stereocenters. The molecule has 0 bridgehead atoms. The number of rotatable bonds is 4. The van der Waals surface area contributed by atoms with Gasteiger partial charge < -0.3 is 14.9 Å². The smallest absolute Gasteiger partial charge is 0.347 e. The first kappa shape index (κ1) is 13.0. The second kappa shape index (κ2) is 4.45. The molecule has 2 N–H and O–H groups in total. The van der Waals surface area contributed by atoms with E-state index in [9.17, 15) is 9.59 Å². The molecular formula is C12H14O5. The third kappa shape index (κ3) is 2.96. The maximum atomic E-state index is 10.9. The van der Waals surface area contributed by atoms with Crippen LogP contribution in [0.3, 0.4) is 0 Å². The van der Waals surface area contributed by atoms with Crippen molar-refractivity contribution in [3.05, 3.63) is 29.3 Å². The summed E-state index contributed by atoms with van der Waals surface area (Å²) in [6.45, 7) is 4.53. The van der Waals surface area contributed by atoms with E-state index < -0.39 is 17.5 Å². The Morgan fingerprint density at radius 2 is 1.82 bits per heavy atom. The molecule has 0 aliphatic heterocycles. The van der Waals surface area contributed by atoms with Crippen molar-refractivity contribution in [3.8, 4) is 5.75 Å². The number of benzene rings is 1. The Labute approximate surface area is 98.6 Å². The molecule has 5 heteroatoms. The number of carboxylic acid groups (broad SMARTS) is 2. The van der Waals surface area contributed by atoms with Crippen LogP contribution in [0, 0.1) is 6.92 Å². The van der Waals surface area contributed by atoms with Crippen LogP contribution in [0.1, 0.15) is 29.8 Å². The standard InChI is InChI=1S/C12H14O5/c1-7-6-8(10(13)14)4-5-9(7)17-12(2,3)11(15)16/h4-6H,1-3H3,(H,13,14)(H,15,16). The van der Waals surface area contributed by atoms with Crippen LogP contribution in [0.5, 0.6) is 5.75 Å². The highest BCUT2D eigenvalue weighted by Crippen LogP contribution is 2.24. The fraction of sp³-hybridized carbons (Fsp3) is 0.333. The highest BCUT2D eigenvalue weighted by atomic mass is 16.5. The summed E-state index contributed by atoms with van der Waals surface area (Å²) < 4.78 is 5.34. The lowest BCUT2D eigenvalue weighted by Crippen LogP contribution is -2.38. The number of carboxylic acids is 2. The SMILES string of the molecule is Cc1cc(C(=O)O)ccc1OC(C)(C)C(=O)O. The summed E-state index contributed by atoms with van der Waals surface area (Å²) >= 11 is 0. The number of ether oxygens (including phenoxy) is 1. The van der Waals surface area contributed by atoms with Crippen LogP contribution in [-0.4, -0.2) is 27.8 Å². The molecule has 0 spiro atoms. The quantitative estimate of drug-likeness (QED) is 0.837. The molecule has 0 saturated heterocycles. The van der Waals surface area contributed by atoms with Crippen molar-refractivity contribution < 1.29 is 24.5 Å². The highest BCUT2D eigenvalue weighted by Gasteiger charge is 2.29. The second-order valence-electron chi connectivity index (χ2n) is 4.20. The summed E-state index contributed by atoms with van der Waals surface area (Å²) in [5.74, 6) is -1.75. The topological polar surface area (TPSA) is 83.8 Å². The number of hydrogen-bond acceptors (Lipinski definition) is 3. The number of aryl methyl sites for hydroxylation is 1. The Kier molecular flexibility index (Phi) is 3.41. The number of aromatic carboxylic acids is 1. The fourth-order valence-corrected chi connectivity index (χ4v) is 1.22. The van der Waals surface area contributed by atoms with E-state index >= 15 is 0 Å². The van der Waals surface area contributed by atoms with Crippen molar-refractivity contribution in [2.24, 2.45) is 0 Å². The van der Waals surface area contributed by atoms with Gasteiger partial charge in [-0.1, -0.05) is 0 Å². The zero-order valence-corrected chi connectivity index (χ0v) is 9.85. The van der Waals surface area contributed by atoms with Gasteiger partial charge in [-0.2, -0.15) is 0 Å². The predicted octanol–water partition coefficient (Wildman–Crippen LogP) is 1.94. The van der Waals surface area contributed by atoms with Crippen LogP contribution < -0.4 is 4.74 Å². The first-order valence-electron chi connectivity index (χ1n) is 5.00. The van der Waals surface area contributed by atoms with Gasteiger partial charge in [0.05, 0.1) is 5.56 Å². The van der Waals surface area contributed by atoms with Gasteiger partial charge in [0.1, 0.15) is 5.75 Å². The predicted molar refractivity (Wildman–Crippen MR) is 60.5 cm³/mol. The monoisotopic (exact) mass is 238 g/mol. The van der Waals surface area contributed by atoms with E-state index in [4.69, 9.17) is 14.9 Å². The van der Waals surface area contributed by atoms with Gasteiger partial charge in [-0.25, -0.2) is 9.59 Å². The summed E-state index contributed by atoms with van der Waals surface area (Å²) in [6.07, 6.45) is 0. The molecule has 17 heavy (non-hydrogen) atoms. The van der Waals surface area contributed by atoms with Crippen molar-refractivity contribution in [2.75, 3.05) is 0 Å². The van der Waals surface area contributed by atoms with E-state index in [1.54, 1.807) is 6.92 Å². The first-order valence-corrected chi connectivity index (χ1v) is 5.00. The fourth-order valence-electron chi connectivity index (χ4n) is 1.22. The zero-order valence-electron chi connectivity index (χ0n) is 9.85. The van der Waals surface area contributed by atoms with E-state index in [-0.39, 0.29) is 5.56 Å². The molecule has 1 aromatic carbocycles. The lowest BCUT2D eigenvalue weighted by atomic mass is 10.1. The summed E-state index contributed by atoms with van der Waals surface area (Å²) in [5.41, 5.74) is -0.627. The third-order valence-corrected chi connectivity index (χ3v) is 2.30. The van der Waals surface area contributed by atoms with Gasteiger partial charge in [-0.05, 0) is 44.5 Å². The molecule has 0 heterocycles. The van der Waals surface area contributed by atoms with Crippen molar-refractivity contribution in [2.45, 2.75) is 26.4 Å². The normalized spacial score (nSPS) is 11.0. The average Bonchev–Trinajstić information content (AvgIpc) is 2.20. The minimum Gasteiger partial charge on any atom is -0.478 e. The largest absolute Gasteiger partial charge is 0.478 e. The Bertz CT molecular complexity index is 462. The molecule has 0 atom stereocenters. The van der Waals surface area contributed by atoms with Gasteiger partial charge in [0, 0.05) is 0 Å². The first-order chi connectivity index (χ1) is 7.74. The summed E-state index contributed by atoms with van der Waals surface area (Å²) in [7, 11) is 0. The molecule has 5 nitrogen and oxygen atoms in total. The second-order valence-corrected chi connectivity index (χ2v) is 4.20. The molecular weight excluding hydrogens is 224 g/mol. The molecule has 0 fully saturated rings. The molecule has 92 valence electrons. The van der Waals surface area contributed by atoms with Gasteiger partial charge >= 0.3 is 11.9 Å². The lowest BCUT2D eigenvalue weighted by molar-refractivity contribution is -0.152. The van der Waals surface area contributed by atoms with Crippen LogP contribution in [0.2, 0.25) is 0 Å². The summed E-state index contributed by atoms with van der Waals surface area (Å²) in [6, 6.07) is 4.28. The van der Waals surface area contributed by atoms with Gasteiger partial charge in [0.15, 0.2) is 5.60 Å². The Morgan fingerprint density at radius 3 is 2.24 bits per heavy atom. The van der Waals surface area contributed by atoms with Gasteiger partial charge in [-0.15, -0.1) is 0 Å². The number of aliphatic carboxylic acids is 1. The molecule has 0 aliphatic carbocycles. The van der Waals surface area contributed by atoms with Crippen molar-refractivity contribution in [1.29, 1.82) is 0 Å². The van der Waals surface area contributed by atoms with Crippen LogP contribution >= 0.6 is 0 Å². The molecule has 0 amide bonds. The Hall–Kier alpha value is -2.04. The number of hydrogen-bond donors (Lipinski definition) is 2. The van der Waals surface area contributed by atoms with E-state index in [0.717, 1.165) is 0 Å². The van der Waals surface area contributed by atoms with Crippen LogP contribution in [0.15, 0.2) is 18.2 Å². The van der Waals surface area contributed by atoms with E-state index in [1.807, 2.05) is 0 Å². The Balaban J connectivity index is 3.02. The molecule has 0 saturated carbocycles. The average molecular weight is 238 g/mol. The van der Waals surface area contributed by atoms with E-state index in [2.05, 4.69) is 0 Å².